The number of carboxylic acid groups (broad SMARTS) is 5. The van der Waals surface area contributed by atoms with E-state index in [-0.39, 0.29) is 40.0 Å². The summed E-state index contributed by atoms with van der Waals surface area (Å²) in [5.41, 5.74) is 25.6. The van der Waals surface area contributed by atoms with E-state index in [1.54, 1.807) is 0 Å². The van der Waals surface area contributed by atoms with Crippen molar-refractivity contribution in [1.82, 2.24) is 72.3 Å². The van der Waals surface area contributed by atoms with E-state index in [4.69, 9.17) is 10.8 Å². The molecule has 32 heteroatoms. The van der Waals surface area contributed by atoms with Gasteiger partial charge in [0.2, 0.25) is 0 Å². The summed E-state index contributed by atoms with van der Waals surface area (Å²) in [5.74, 6) is -6.05. The van der Waals surface area contributed by atoms with Crippen LogP contribution >= 0.6 is 0 Å². The van der Waals surface area contributed by atoms with Crippen molar-refractivity contribution < 1.29 is 54.6 Å². The van der Waals surface area contributed by atoms with Crippen LogP contribution in [-0.2, 0) is 100 Å². The number of aromatic amines is 5. The van der Waals surface area contributed by atoms with Gasteiger partial charge in [0.05, 0.1) is 34.6 Å². The Balaban J connectivity index is 0.000000139. The number of nitrogens with zero attached hydrogens (tertiary/aromatic N) is 10. The van der Waals surface area contributed by atoms with Gasteiger partial charge in [0, 0.05) is 183 Å². The van der Waals surface area contributed by atoms with Gasteiger partial charge >= 0.3 is 29.8 Å². The third kappa shape index (κ3) is 22.2. The summed E-state index contributed by atoms with van der Waals surface area (Å²) in [6.45, 7) is 26.2. The lowest BCUT2D eigenvalue weighted by Gasteiger charge is -2.18. The van der Waals surface area contributed by atoms with Gasteiger partial charge in [-0.25, -0.2) is 24.0 Å². The Labute approximate surface area is 809 Å². The highest BCUT2D eigenvalue weighted by atomic mass is 16.4. The number of β-amino-alcohol motifs (C(OH)–C–C–N with tert-alkyl or cyclic N) is 1. The maximum absolute atomic E-state index is 12.2. The number of aromatic nitrogens is 10. The zero-order chi connectivity index (χ0) is 101. The molecule has 13 N–H and O–H groups in total. The van der Waals surface area contributed by atoms with Crippen LogP contribution in [0.1, 0.15) is 182 Å². The second-order valence-corrected chi connectivity index (χ2v) is 36.8. The summed E-state index contributed by atoms with van der Waals surface area (Å²) < 4.78 is 10.9. The van der Waals surface area contributed by atoms with Crippen molar-refractivity contribution in [3.8, 4) is 56.3 Å². The van der Waals surface area contributed by atoms with Gasteiger partial charge in [0.15, 0.2) is 0 Å². The van der Waals surface area contributed by atoms with E-state index in [1.807, 2.05) is 123 Å². The van der Waals surface area contributed by atoms with Gasteiger partial charge in [0.1, 0.15) is 27.8 Å². The lowest BCUT2D eigenvalue weighted by atomic mass is 10.0. The molecule has 140 heavy (non-hydrogen) atoms. The fourth-order valence-corrected chi connectivity index (χ4v) is 19.5. The number of hydrogen-bond donors (Lipinski definition) is 12. The van der Waals surface area contributed by atoms with E-state index in [2.05, 4.69) is 168 Å². The monoisotopic (exact) mass is 1900 g/mol. The first-order valence-electron chi connectivity index (χ1n) is 47.8. The van der Waals surface area contributed by atoms with Crippen LogP contribution < -0.4 is 33.5 Å². The molecule has 3 saturated heterocycles. The molecule has 0 saturated carbocycles. The number of nitrogens with one attached hydrogen (secondary N) is 5. The van der Waals surface area contributed by atoms with Gasteiger partial charge in [-0.1, -0.05) is 78.8 Å². The molecule has 15 aromatic rings. The molecule has 32 nitrogen and oxygen atoms in total. The van der Waals surface area contributed by atoms with E-state index in [9.17, 15) is 73.5 Å². The summed E-state index contributed by atoms with van der Waals surface area (Å²) >= 11 is 0. The molecule has 0 amide bonds. The number of benzene rings is 5. The van der Waals surface area contributed by atoms with Gasteiger partial charge in [-0.15, -0.1) is 0 Å². The van der Waals surface area contributed by atoms with Crippen LogP contribution in [0.25, 0.3) is 111 Å². The molecule has 10 aromatic heterocycles. The summed E-state index contributed by atoms with van der Waals surface area (Å²) in [5, 5.41) is 61.3. The van der Waals surface area contributed by atoms with Crippen LogP contribution in [0.15, 0.2) is 176 Å². The molecule has 5 aromatic carbocycles. The van der Waals surface area contributed by atoms with Gasteiger partial charge < -0.3 is 89.0 Å². The summed E-state index contributed by atoms with van der Waals surface area (Å²) in [6.07, 6.45) is 7.29. The number of pyridine rings is 5. The number of aromatic carboxylic acids is 5. The molecule has 0 aliphatic carbocycles. The summed E-state index contributed by atoms with van der Waals surface area (Å²) in [4.78, 5) is 143. The standard InChI is InChI=1S/C22H26N4O3.C22H25N3O4.C22H25N3O3.C22H27N3O3.C20H23N3O3/c1-3-13-10-18(22(28)29)21(27)24-20(13)14-4-5-19-15(8-14)9-17(25(19)2)12-26-7-6-16(23)11-26;1-3-13-10-18(22(28)29)21(27)23-20(13)14-4-5-19-15(8-14)9-16(24(19)2)11-25-7-6-17(26)12-25;1-3-14-12-18(22(27)28)21(26)23-20(14)15-6-7-19-16(10-15)11-17(24(19)2)13-25-8-4-5-9-25;1-5-14-12-18(22(27)28)21(26)23-20(14)15-8-9-19-16(10-15)11-17(24(19)4)13-25(6-2)7-3;1-5-12-10-16(20(25)26)19(24)21-18(12)13-6-7-17-14(8-13)9-15(23(17)4)11-22(2)3/h4-5,8-10,16H,3,6-7,11-12,23H2,1-2H3,(H,24,27)(H,28,29);4-5,8-10,17,26H,3,6-7,11-12H2,1-2H3,(H,23,27)(H,28,29);6-7,10-12H,3-5,8-9,13H2,1-2H3,(H,23,26)(H,27,28);8-12H,5-7,13H2,1-4H3,(H,23,26)(H,27,28);6-10H,5,11H2,1-4H3,(H,21,24)(H,25,26)/t16-;;;;/m0..../s1. The average molecular weight is 1900 g/mol. The zero-order valence-corrected chi connectivity index (χ0v) is 82.0. The number of carbonyl (C=O) groups is 5. The molecule has 0 spiro atoms. The zero-order valence-electron chi connectivity index (χ0n) is 82.0. The Bertz CT molecular complexity index is 7220. The average Bonchev–Trinajstić information content (AvgIpc) is 1.61. The number of nitrogens with two attached hydrogens (primary N) is 1. The molecule has 3 fully saturated rings. The molecule has 3 aliphatic rings. The molecular formula is C108H126N16O16. The smallest absolute Gasteiger partial charge is 0.341 e. The van der Waals surface area contributed by atoms with Crippen LogP contribution in [0.2, 0.25) is 0 Å². The van der Waals surface area contributed by atoms with Crippen molar-refractivity contribution in [2.45, 2.75) is 151 Å². The molecule has 3 aliphatic heterocycles. The SMILES string of the molecule is CCc1cc(C(=O)O)c(=O)[nH]c1-c1ccc2c(c1)cc(CN(C)C)n2C.CCc1cc(C(=O)O)c(=O)[nH]c1-c1ccc2c(c1)cc(CN(CC)CC)n2C.CCc1cc(C(=O)O)c(=O)[nH]c1-c1ccc2c(c1)cc(CN1CCC(O)C1)n2C.CCc1cc(C(=O)O)c(=O)[nH]c1-c1ccc2c(c1)cc(CN1CCCC1)n2C.CCc1cc(C(=O)O)c(=O)[nH]c1-c1ccc2c(c1)cc(CN1CC[C@H](N)C1)n2C. The minimum Gasteiger partial charge on any atom is -0.477 e. The number of aliphatic hydroxyl groups excluding tert-OH is 1. The van der Waals surface area contributed by atoms with Crippen molar-refractivity contribution in [2.75, 3.05) is 66.5 Å². The maximum Gasteiger partial charge on any atom is 0.341 e. The number of likely N-dealkylation sites (tertiary alicyclic amines) is 3. The Kier molecular flexibility index (Phi) is 31.7. The van der Waals surface area contributed by atoms with Crippen molar-refractivity contribution in [1.29, 1.82) is 0 Å². The van der Waals surface area contributed by atoms with E-state index >= 15 is 0 Å². The Morgan fingerprint density at radius 3 is 0.821 bits per heavy atom. The summed E-state index contributed by atoms with van der Waals surface area (Å²) in [7, 11) is 14.4. The van der Waals surface area contributed by atoms with E-state index in [1.165, 1.54) is 65.9 Å². The Morgan fingerprint density at radius 2 is 0.586 bits per heavy atom. The molecule has 18 rings (SSSR count). The molecule has 2 atom stereocenters. The van der Waals surface area contributed by atoms with E-state index < -0.39 is 57.6 Å². The lowest BCUT2D eigenvalue weighted by Crippen LogP contribution is -2.26. The van der Waals surface area contributed by atoms with Crippen LogP contribution in [0.4, 0.5) is 0 Å². The number of H-pyrrole nitrogens is 5. The quantitative estimate of drug-likeness (QED) is 0.0227. The number of fused-ring (bicyclic) bond motifs is 5. The third-order valence-corrected chi connectivity index (χ3v) is 27.5. The maximum atomic E-state index is 12.2. The molecule has 13 heterocycles. The minimum absolute atomic E-state index is 0.214. The van der Waals surface area contributed by atoms with Crippen LogP contribution in [0.5, 0.6) is 0 Å². The minimum atomic E-state index is -1.22. The number of rotatable bonds is 27. The first kappa shape index (κ1) is 102. The predicted octanol–water partition coefficient (Wildman–Crippen LogP) is 14.6. The molecule has 0 bridgehead atoms. The normalized spacial score (nSPS) is 14.5. The molecular weight excluding hydrogens is 1780 g/mol. The van der Waals surface area contributed by atoms with Crippen molar-refractivity contribution in [3.63, 3.8) is 0 Å². The Hall–Kier alpha value is -14.4. The van der Waals surface area contributed by atoms with Gasteiger partial charge in [0.25, 0.3) is 27.8 Å². The molecule has 734 valence electrons. The van der Waals surface area contributed by atoms with Crippen molar-refractivity contribution in [2.24, 2.45) is 41.0 Å². The molecule has 1 unspecified atom stereocenters. The van der Waals surface area contributed by atoms with Crippen molar-refractivity contribution in [3.05, 3.63) is 288 Å². The number of aryl methyl sites for hydroxylation is 10. The fraction of sp³-hybridized carbons (Fsp3) is 0.352. The summed E-state index contributed by atoms with van der Waals surface area (Å²) in [6, 6.07) is 48.9. The topological polar surface area (TPSA) is 438 Å². The molecule has 0 radical (unpaired) electrons. The van der Waals surface area contributed by atoms with E-state index in [0.29, 0.717) is 67.1 Å². The van der Waals surface area contributed by atoms with Crippen molar-refractivity contribution >= 4 is 84.4 Å². The predicted molar refractivity (Wildman–Crippen MR) is 549 cm³/mol. The third-order valence-electron chi connectivity index (χ3n) is 27.5. The highest BCUT2D eigenvalue weighted by molar-refractivity contribution is 5.95. The number of carboxylic acids is 5. The second-order valence-electron chi connectivity index (χ2n) is 36.8. The van der Waals surface area contributed by atoms with Crippen LogP contribution in [0.3, 0.4) is 0 Å². The first-order valence-corrected chi connectivity index (χ1v) is 47.8. The van der Waals surface area contributed by atoms with Gasteiger partial charge in [-0.2, -0.15) is 0 Å². The van der Waals surface area contributed by atoms with Crippen LogP contribution in [-0.4, -0.2) is 211 Å². The lowest BCUT2D eigenvalue weighted by molar-refractivity contribution is 0.0684. The van der Waals surface area contributed by atoms with Gasteiger partial charge in [-0.05, 0) is 275 Å². The number of hydrogen-bond acceptors (Lipinski definition) is 17. The highest BCUT2D eigenvalue weighted by Crippen LogP contribution is 2.36. The Morgan fingerprint density at radius 1 is 0.336 bits per heavy atom. The largest absolute Gasteiger partial charge is 0.477 e. The van der Waals surface area contributed by atoms with Gasteiger partial charge in [-0.3, -0.25) is 43.6 Å². The van der Waals surface area contributed by atoms with E-state index in [0.717, 1.165) is 207 Å². The number of aliphatic hydroxyl groups is 1. The second kappa shape index (κ2) is 43.8. The first-order chi connectivity index (χ1) is 66.9. The fourth-order valence-electron chi connectivity index (χ4n) is 19.5. The highest BCUT2D eigenvalue weighted by Gasteiger charge is 2.28. The van der Waals surface area contributed by atoms with Crippen LogP contribution in [0, 0.1) is 0 Å².